The average molecular weight is 323 g/mol. The Morgan fingerprint density at radius 1 is 1.21 bits per heavy atom. The van der Waals surface area contributed by atoms with Gasteiger partial charge in [0.05, 0.1) is 17.7 Å². The number of hydrogen-bond acceptors (Lipinski definition) is 4. The quantitative estimate of drug-likeness (QED) is 0.836. The number of nitrogens with two attached hydrogens (primary N) is 1. The highest BCUT2D eigenvalue weighted by Gasteiger charge is 2.51. The monoisotopic (exact) mass is 323 g/mol. The molecule has 1 saturated heterocycles. The van der Waals surface area contributed by atoms with E-state index >= 15 is 0 Å². The lowest BCUT2D eigenvalue weighted by atomic mass is 9.72. The SMILES string of the molecule is N[C@@H]1c2ccccc2C2(CCN(C(=O)c3cccnc3)CC2)[C@H]1O. The molecule has 24 heavy (non-hydrogen) atoms. The third-order valence-electron chi connectivity index (χ3n) is 5.61. The number of fused-ring (bicyclic) bond motifs is 2. The number of hydrogen-bond donors (Lipinski definition) is 2. The van der Waals surface area contributed by atoms with E-state index in [1.54, 1.807) is 24.5 Å². The van der Waals surface area contributed by atoms with Gasteiger partial charge in [-0.1, -0.05) is 24.3 Å². The van der Waals surface area contributed by atoms with Crippen molar-refractivity contribution >= 4 is 5.91 Å². The zero-order valence-electron chi connectivity index (χ0n) is 13.4. The zero-order chi connectivity index (χ0) is 16.7. The van der Waals surface area contributed by atoms with E-state index in [-0.39, 0.29) is 17.4 Å². The van der Waals surface area contributed by atoms with Crippen LogP contribution in [-0.4, -0.2) is 40.1 Å². The van der Waals surface area contributed by atoms with Crippen LogP contribution >= 0.6 is 0 Å². The third kappa shape index (κ3) is 2.16. The van der Waals surface area contributed by atoms with Crippen LogP contribution in [0, 0.1) is 0 Å². The summed E-state index contributed by atoms with van der Waals surface area (Å²) in [6.45, 7) is 1.23. The molecule has 0 unspecified atom stereocenters. The molecule has 1 amide bonds. The second-order valence-corrected chi connectivity index (χ2v) is 6.75. The first kappa shape index (κ1) is 15.3. The highest BCUT2D eigenvalue weighted by molar-refractivity contribution is 5.94. The fourth-order valence-corrected chi connectivity index (χ4v) is 4.26. The lowest BCUT2D eigenvalue weighted by Gasteiger charge is -2.42. The van der Waals surface area contributed by atoms with Gasteiger partial charge >= 0.3 is 0 Å². The molecule has 2 atom stereocenters. The summed E-state index contributed by atoms with van der Waals surface area (Å²) in [5, 5.41) is 10.8. The number of rotatable bonds is 1. The van der Waals surface area contributed by atoms with Crippen LogP contribution in [0.4, 0.5) is 0 Å². The number of benzene rings is 1. The molecule has 2 aliphatic rings. The summed E-state index contributed by atoms with van der Waals surface area (Å²) in [6.07, 6.45) is 4.12. The summed E-state index contributed by atoms with van der Waals surface area (Å²) in [4.78, 5) is 18.5. The number of aromatic nitrogens is 1. The molecule has 124 valence electrons. The predicted octanol–water partition coefficient (Wildman–Crippen LogP) is 1.63. The van der Waals surface area contributed by atoms with Crippen molar-refractivity contribution in [3.8, 4) is 0 Å². The van der Waals surface area contributed by atoms with Crippen molar-refractivity contribution < 1.29 is 9.90 Å². The van der Waals surface area contributed by atoms with Crippen LogP contribution in [0.15, 0.2) is 48.8 Å². The molecular weight excluding hydrogens is 302 g/mol. The average Bonchev–Trinajstić information content (AvgIpc) is 2.85. The van der Waals surface area contributed by atoms with E-state index in [2.05, 4.69) is 11.1 Å². The van der Waals surface area contributed by atoms with Gasteiger partial charge in [0, 0.05) is 30.9 Å². The zero-order valence-corrected chi connectivity index (χ0v) is 13.4. The number of amides is 1. The van der Waals surface area contributed by atoms with Crippen LogP contribution in [0.25, 0.3) is 0 Å². The number of carbonyl (C=O) groups excluding carboxylic acids is 1. The number of aliphatic hydroxyl groups excluding tert-OH is 1. The van der Waals surface area contributed by atoms with E-state index in [0.717, 1.165) is 24.0 Å². The van der Waals surface area contributed by atoms with Crippen molar-refractivity contribution in [3.05, 3.63) is 65.5 Å². The molecule has 1 aliphatic heterocycles. The number of nitrogens with zero attached hydrogens (tertiary/aromatic N) is 2. The maximum absolute atomic E-state index is 12.6. The number of aliphatic hydroxyl groups is 1. The van der Waals surface area contributed by atoms with Crippen molar-refractivity contribution in [2.75, 3.05) is 13.1 Å². The summed E-state index contributed by atoms with van der Waals surface area (Å²) >= 11 is 0. The van der Waals surface area contributed by atoms with Crippen LogP contribution in [0.2, 0.25) is 0 Å². The van der Waals surface area contributed by atoms with Crippen molar-refractivity contribution in [1.29, 1.82) is 0 Å². The summed E-state index contributed by atoms with van der Waals surface area (Å²) < 4.78 is 0. The van der Waals surface area contributed by atoms with Crippen molar-refractivity contribution in [1.82, 2.24) is 9.88 Å². The van der Waals surface area contributed by atoms with Gasteiger partial charge in [-0.15, -0.1) is 0 Å². The summed E-state index contributed by atoms with van der Waals surface area (Å²) in [7, 11) is 0. The smallest absolute Gasteiger partial charge is 0.255 e. The van der Waals surface area contributed by atoms with Crippen LogP contribution in [0.1, 0.15) is 40.4 Å². The summed E-state index contributed by atoms with van der Waals surface area (Å²) in [5.41, 5.74) is 8.71. The van der Waals surface area contributed by atoms with Gasteiger partial charge in [-0.3, -0.25) is 9.78 Å². The molecule has 2 aromatic rings. The van der Waals surface area contributed by atoms with Gasteiger partial charge in [0.2, 0.25) is 0 Å². The number of likely N-dealkylation sites (tertiary alicyclic amines) is 1. The second kappa shape index (κ2) is 5.69. The lowest BCUT2D eigenvalue weighted by molar-refractivity contribution is 0.0262. The van der Waals surface area contributed by atoms with Crippen molar-refractivity contribution in [2.45, 2.75) is 30.4 Å². The number of pyridine rings is 1. The maximum atomic E-state index is 12.6. The van der Waals surface area contributed by atoms with Gasteiger partial charge in [0.1, 0.15) is 0 Å². The van der Waals surface area contributed by atoms with Crippen molar-refractivity contribution in [2.24, 2.45) is 5.73 Å². The topological polar surface area (TPSA) is 79.5 Å². The maximum Gasteiger partial charge on any atom is 0.255 e. The van der Waals surface area contributed by atoms with Crippen LogP contribution < -0.4 is 5.73 Å². The standard InChI is InChI=1S/C19H21N3O2/c20-16-14-5-1-2-6-15(14)19(17(16)23)7-10-22(11-8-19)18(24)13-4-3-9-21-12-13/h1-6,9,12,16-17,23H,7-8,10-11,20H2/t16-,17+/m1/s1. The minimum Gasteiger partial charge on any atom is -0.390 e. The molecule has 5 heteroatoms. The highest BCUT2D eigenvalue weighted by Crippen LogP contribution is 2.50. The second-order valence-electron chi connectivity index (χ2n) is 6.75. The molecule has 1 spiro atoms. The predicted molar refractivity (Wildman–Crippen MR) is 90.4 cm³/mol. The van der Waals surface area contributed by atoms with E-state index in [0.29, 0.717) is 18.7 Å². The molecule has 1 aliphatic carbocycles. The van der Waals surface area contributed by atoms with E-state index < -0.39 is 6.10 Å². The molecule has 2 heterocycles. The minimum absolute atomic E-state index is 0.00280. The Kier molecular flexibility index (Phi) is 3.62. The molecule has 1 aromatic heterocycles. The van der Waals surface area contributed by atoms with E-state index in [1.807, 2.05) is 23.1 Å². The third-order valence-corrected chi connectivity index (χ3v) is 5.61. The fraction of sp³-hybridized carbons (Fsp3) is 0.368. The molecule has 0 saturated carbocycles. The molecule has 0 bridgehead atoms. The summed E-state index contributed by atoms with van der Waals surface area (Å²) in [5.74, 6) is 0.00280. The molecule has 4 rings (SSSR count). The normalized spacial score (nSPS) is 24.8. The lowest BCUT2D eigenvalue weighted by Crippen LogP contribution is -2.50. The molecule has 5 nitrogen and oxygen atoms in total. The summed E-state index contributed by atoms with van der Waals surface area (Å²) in [6, 6.07) is 11.3. The Hall–Kier alpha value is -2.24. The van der Waals surface area contributed by atoms with E-state index in [4.69, 9.17) is 5.73 Å². The van der Waals surface area contributed by atoms with Gasteiger partial charge < -0.3 is 15.7 Å². The first-order valence-electron chi connectivity index (χ1n) is 8.36. The van der Waals surface area contributed by atoms with Crippen LogP contribution in [-0.2, 0) is 5.41 Å². The Morgan fingerprint density at radius 2 is 1.96 bits per heavy atom. The van der Waals surface area contributed by atoms with Crippen LogP contribution in [0.5, 0.6) is 0 Å². The van der Waals surface area contributed by atoms with Crippen molar-refractivity contribution in [3.63, 3.8) is 0 Å². The highest BCUT2D eigenvalue weighted by atomic mass is 16.3. The number of piperidine rings is 1. The molecule has 1 fully saturated rings. The Morgan fingerprint density at radius 3 is 2.67 bits per heavy atom. The Labute approximate surface area is 141 Å². The number of carbonyl (C=O) groups is 1. The molecule has 1 aromatic carbocycles. The Balaban J connectivity index is 1.57. The van der Waals surface area contributed by atoms with Gasteiger partial charge in [-0.25, -0.2) is 0 Å². The molecule has 0 radical (unpaired) electrons. The molecular formula is C19H21N3O2. The van der Waals surface area contributed by atoms with E-state index in [9.17, 15) is 9.90 Å². The Bertz CT molecular complexity index is 754. The van der Waals surface area contributed by atoms with Gasteiger partial charge in [-0.05, 0) is 36.1 Å². The van der Waals surface area contributed by atoms with Gasteiger partial charge in [0.15, 0.2) is 0 Å². The van der Waals surface area contributed by atoms with E-state index in [1.165, 1.54) is 0 Å². The molecule has 3 N–H and O–H groups in total. The largest absolute Gasteiger partial charge is 0.390 e. The first-order valence-corrected chi connectivity index (χ1v) is 8.36. The van der Waals surface area contributed by atoms with Gasteiger partial charge in [0.25, 0.3) is 5.91 Å². The minimum atomic E-state index is -0.592. The fourth-order valence-electron chi connectivity index (χ4n) is 4.26. The van der Waals surface area contributed by atoms with Crippen LogP contribution in [0.3, 0.4) is 0 Å². The first-order chi connectivity index (χ1) is 11.6. The van der Waals surface area contributed by atoms with Gasteiger partial charge in [-0.2, -0.15) is 0 Å².